The highest BCUT2D eigenvalue weighted by Gasteiger charge is 2.25. The molecule has 10 heteroatoms. The van der Waals surface area contributed by atoms with Gasteiger partial charge in [0.05, 0.1) is 24.1 Å². The second kappa shape index (κ2) is 8.28. The summed E-state index contributed by atoms with van der Waals surface area (Å²) in [6, 6.07) is 2.39. The van der Waals surface area contributed by atoms with Gasteiger partial charge < -0.3 is 24.7 Å². The molecule has 33 heavy (non-hydrogen) atoms. The standard InChI is InChI=1S/C23H26N8O2/c1-13-9-30(10-14(2)27-13)22-20-19(24-5-6-25-20)17(8-26-22)23(32)29-16-7-18(33-4)21-28-15(3)11-31(21)12-16/h5-8,11-14,27H,9-10H2,1-4H3,(H,29,32). The van der Waals surface area contributed by atoms with E-state index in [0.717, 1.165) is 24.6 Å². The maximum Gasteiger partial charge on any atom is 0.259 e. The number of carbonyl (C=O) groups excluding carboxylic acids is 1. The van der Waals surface area contributed by atoms with Gasteiger partial charge in [-0.25, -0.2) is 15.0 Å². The van der Waals surface area contributed by atoms with E-state index in [1.54, 1.807) is 38.0 Å². The minimum atomic E-state index is -0.320. The van der Waals surface area contributed by atoms with Crippen molar-refractivity contribution in [3.05, 3.63) is 48.3 Å². The molecule has 1 amide bonds. The van der Waals surface area contributed by atoms with Crippen LogP contribution in [0.3, 0.4) is 0 Å². The molecule has 4 aromatic heterocycles. The molecule has 0 aromatic carbocycles. The molecule has 1 aliphatic heterocycles. The molecular formula is C23H26N8O2. The molecule has 0 bridgehead atoms. The van der Waals surface area contributed by atoms with Gasteiger partial charge in [0.2, 0.25) is 0 Å². The highest BCUT2D eigenvalue weighted by molar-refractivity contribution is 6.12. The SMILES string of the molecule is COc1cc(NC(=O)c2cnc(N3CC(C)NC(C)C3)c3nccnc23)cn2cc(C)nc12. The van der Waals surface area contributed by atoms with E-state index in [4.69, 9.17) is 4.74 Å². The number of aryl methyl sites for hydroxylation is 1. The number of amides is 1. The lowest BCUT2D eigenvalue weighted by Crippen LogP contribution is -2.54. The van der Waals surface area contributed by atoms with Crippen LogP contribution in [0.15, 0.2) is 37.1 Å². The first-order valence-corrected chi connectivity index (χ1v) is 10.9. The lowest BCUT2D eigenvalue weighted by Gasteiger charge is -2.37. The van der Waals surface area contributed by atoms with Crippen LogP contribution in [0.1, 0.15) is 29.9 Å². The number of ether oxygens (including phenoxy) is 1. The number of fused-ring (bicyclic) bond motifs is 2. The maximum atomic E-state index is 13.3. The number of nitrogens with zero attached hydrogens (tertiary/aromatic N) is 6. The van der Waals surface area contributed by atoms with Crippen molar-refractivity contribution in [3.8, 4) is 5.75 Å². The minimum Gasteiger partial charge on any atom is -0.493 e. The third-order valence-corrected chi connectivity index (χ3v) is 5.70. The average Bonchev–Trinajstić information content (AvgIpc) is 3.17. The van der Waals surface area contributed by atoms with Gasteiger partial charge >= 0.3 is 0 Å². The average molecular weight is 447 g/mol. The summed E-state index contributed by atoms with van der Waals surface area (Å²) in [5.41, 5.74) is 3.62. The van der Waals surface area contributed by atoms with Crippen molar-refractivity contribution >= 4 is 34.1 Å². The van der Waals surface area contributed by atoms with Gasteiger partial charge in [-0.15, -0.1) is 0 Å². The number of imidazole rings is 1. The van der Waals surface area contributed by atoms with Gasteiger partial charge in [-0.3, -0.25) is 9.78 Å². The summed E-state index contributed by atoms with van der Waals surface area (Å²) in [6.07, 6.45) is 8.48. The Labute approximate surface area is 191 Å². The number of hydrogen-bond donors (Lipinski definition) is 2. The van der Waals surface area contributed by atoms with Crippen LogP contribution in [0.2, 0.25) is 0 Å². The first-order chi connectivity index (χ1) is 15.9. The van der Waals surface area contributed by atoms with E-state index >= 15 is 0 Å². The Morgan fingerprint density at radius 2 is 1.85 bits per heavy atom. The summed E-state index contributed by atoms with van der Waals surface area (Å²) in [5, 5.41) is 6.46. The van der Waals surface area contributed by atoms with Crippen LogP contribution in [0.5, 0.6) is 5.75 Å². The first kappa shape index (κ1) is 21.1. The molecule has 2 unspecified atom stereocenters. The van der Waals surface area contributed by atoms with Crippen LogP contribution in [0.25, 0.3) is 16.7 Å². The molecule has 0 radical (unpaired) electrons. The molecule has 4 aromatic rings. The van der Waals surface area contributed by atoms with Crippen molar-refractivity contribution in [1.29, 1.82) is 0 Å². The molecule has 10 nitrogen and oxygen atoms in total. The van der Waals surface area contributed by atoms with Gasteiger partial charge in [0.25, 0.3) is 5.91 Å². The summed E-state index contributed by atoms with van der Waals surface area (Å²) in [5.74, 6) is 0.993. The number of aromatic nitrogens is 5. The Morgan fingerprint density at radius 3 is 2.58 bits per heavy atom. The minimum absolute atomic E-state index is 0.320. The molecule has 1 fully saturated rings. The summed E-state index contributed by atoms with van der Waals surface area (Å²) in [4.78, 5) is 33.6. The monoisotopic (exact) mass is 446 g/mol. The molecule has 0 spiro atoms. The zero-order valence-electron chi connectivity index (χ0n) is 19.0. The van der Waals surface area contributed by atoms with E-state index < -0.39 is 0 Å². The van der Waals surface area contributed by atoms with E-state index in [1.165, 1.54) is 0 Å². The second-order valence-electron chi connectivity index (χ2n) is 8.49. The van der Waals surface area contributed by atoms with Gasteiger partial charge in [-0.05, 0) is 20.8 Å². The van der Waals surface area contributed by atoms with Crippen LogP contribution < -0.4 is 20.3 Å². The first-order valence-electron chi connectivity index (χ1n) is 10.9. The topological polar surface area (TPSA) is 110 Å². The third-order valence-electron chi connectivity index (χ3n) is 5.70. The van der Waals surface area contributed by atoms with Crippen molar-refractivity contribution in [2.24, 2.45) is 0 Å². The van der Waals surface area contributed by atoms with Crippen molar-refractivity contribution in [1.82, 2.24) is 29.7 Å². The van der Waals surface area contributed by atoms with E-state index in [2.05, 4.69) is 49.3 Å². The predicted molar refractivity (Wildman–Crippen MR) is 126 cm³/mol. The number of hydrogen-bond acceptors (Lipinski definition) is 8. The third kappa shape index (κ3) is 3.93. The van der Waals surface area contributed by atoms with E-state index in [1.807, 2.05) is 17.5 Å². The molecule has 2 atom stereocenters. The number of carbonyl (C=O) groups is 1. The Morgan fingerprint density at radius 1 is 1.12 bits per heavy atom. The smallest absolute Gasteiger partial charge is 0.259 e. The van der Waals surface area contributed by atoms with Gasteiger partial charge in [-0.1, -0.05) is 0 Å². The summed E-state index contributed by atoms with van der Waals surface area (Å²) in [7, 11) is 1.58. The number of methoxy groups -OCH3 is 1. The summed E-state index contributed by atoms with van der Waals surface area (Å²) < 4.78 is 7.29. The fourth-order valence-corrected chi connectivity index (χ4v) is 4.45. The van der Waals surface area contributed by atoms with E-state index in [-0.39, 0.29) is 5.91 Å². The van der Waals surface area contributed by atoms with Crippen molar-refractivity contribution < 1.29 is 9.53 Å². The molecule has 5 rings (SSSR count). The van der Waals surface area contributed by atoms with Crippen molar-refractivity contribution in [2.45, 2.75) is 32.9 Å². The largest absolute Gasteiger partial charge is 0.493 e. The highest BCUT2D eigenvalue weighted by Crippen LogP contribution is 2.27. The van der Waals surface area contributed by atoms with Crippen LogP contribution in [0.4, 0.5) is 11.5 Å². The fourth-order valence-electron chi connectivity index (χ4n) is 4.45. The summed E-state index contributed by atoms with van der Waals surface area (Å²) >= 11 is 0. The zero-order valence-corrected chi connectivity index (χ0v) is 19.0. The maximum absolute atomic E-state index is 13.3. The molecular weight excluding hydrogens is 420 g/mol. The fraction of sp³-hybridized carbons (Fsp3) is 0.348. The molecule has 5 heterocycles. The van der Waals surface area contributed by atoms with Gasteiger partial charge in [-0.2, -0.15) is 0 Å². The molecule has 0 aliphatic carbocycles. The molecule has 1 aliphatic rings. The number of piperazine rings is 1. The Hall–Kier alpha value is -3.79. The number of pyridine rings is 2. The lowest BCUT2D eigenvalue weighted by atomic mass is 10.1. The van der Waals surface area contributed by atoms with Crippen LogP contribution >= 0.6 is 0 Å². The van der Waals surface area contributed by atoms with Crippen LogP contribution in [0, 0.1) is 6.92 Å². The second-order valence-corrected chi connectivity index (χ2v) is 8.49. The van der Waals surface area contributed by atoms with Gasteiger partial charge in [0, 0.05) is 62.2 Å². The normalized spacial score (nSPS) is 18.6. The quantitative estimate of drug-likeness (QED) is 0.492. The summed E-state index contributed by atoms with van der Waals surface area (Å²) in [6.45, 7) is 7.80. The van der Waals surface area contributed by atoms with Crippen LogP contribution in [-0.2, 0) is 0 Å². The predicted octanol–water partition coefficient (Wildman–Crippen LogP) is 2.43. The molecule has 170 valence electrons. The molecule has 2 N–H and O–H groups in total. The zero-order chi connectivity index (χ0) is 23.1. The number of nitrogens with one attached hydrogen (secondary N) is 2. The van der Waals surface area contributed by atoms with Gasteiger partial charge in [0.15, 0.2) is 17.2 Å². The van der Waals surface area contributed by atoms with Gasteiger partial charge in [0.1, 0.15) is 11.0 Å². The number of anilines is 2. The number of rotatable bonds is 4. The molecule has 1 saturated heterocycles. The van der Waals surface area contributed by atoms with E-state index in [0.29, 0.717) is 45.8 Å². The molecule has 0 saturated carbocycles. The Balaban J connectivity index is 1.50. The van der Waals surface area contributed by atoms with Crippen molar-refractivity contribution in [2.75, 3.05) is 30.4 Å². The lowest BCUT2D eigenvalue weighted by molar-refractivity contribution is 0.102. The Bertz CT molecular complexity index is 1340. The van der Waals surface area contributed by atoms with E-state index in [9.17, 15) is 4.79 Å². The highest BCUT2D eigenvalue weighted by atomic mass is 16.5. The Kier molecular flexibility index (Phi) is 5.29. The van der Waals surface area contributed by atoms with Crippen LogP contribution in [-0.4, -0.2) is 62.5 Å². The van der Waals surface area contributed by atoms with Crippen molar-refractivity contribution in [3.63, 3.8) is 0 Å².